The second-order valence-corrected chi connectivity index (χ2v) is 12.7. The van der Waals surface area contributed by atoms with Gasteiger partial charge in [0.05, 0.1) is 32.8 Å². The molecule has 12 heteroatoms. The molecule has 0 saturated heterocycles. The molecule has 3 amide bonds. The molecule has 4 aromatic carbocycles. The molecule has 0 fully saturated rings. The molecule has 3 N–H and O–H groups in total. The number of carbonyl (C=O) groups is 3. The summed E-state index contributed by atoms with van der Waals surface area (Å²) in [6.45, 7) is 1.97. The normalized spacial score (nSPS) is 11.0. The van der Waals surface area contributed by atoms with E-state index in [2.05, 4.69) is 20.9 Å². The summed E-state index contributed by atoms with van der Waals surface area (Å²) >= 11 is 2.74. The number of hydrogen-bond donors (Lipinski definition) is 3. The third kappa shape index (κ3) is 9.06. The minimum atomic E-state index is -0.575. The van der Waals surface area contributed by atoms with Gasteiger partial charge in [0.1, 0.15) is 11.4 Å². The summed E-state index contributed by atoms with van der Waals surface area (Å²) in [7, 11) is 4.50. The largest absolute Gasteiger partial charge is 0.496 e. The first kappa shape index (κ1) is 34.7. The second-order valence-electron chi connectivity index (χ2n) is 10.4. The van der Waals surface area contributed by atoms with Gasteiger partial charge in [-0.3, -0.25) is 14.4 Å². The first-order valence-corrected chi connectivity index (χ1v) is 16.8. The predicted octanol–water partition coefficient (Wildman–Crippen LogP) is 7.28. The van der Waals surface area contributed by atoms with E-state index in [1.165, 1.54) is 50.5 Å². The maximum absolute atomic E-state index is 13.7. The molecule has 0 bridgehead atoms. The van der Waals surface area contributed by atoms with Crippen LogP contribution >= 0.6 is 23.1 Å². The summed E-state index contributed by atoms with van der Waals surface area (Å²) < 4.78 is 16.4. The molecule has 0 unspecified atom stereocenters. The molecule has 1 aromatic heterocycles. The Bertz CT molecular complexity index is 1980. The number of ether oxygens (including phenoxy) is 3. The van der Waals surface area contributed by atoms with Crippen LogP contribution in [0.25, 0.3) is 17.3 Å². The van der Waals surface area contributed by atoms with Gasteiger partial charge in [0.2, 0.25) is 5.91 Å². The van der Waals surface area contributed by atoms with Crippen molar-refractivity contribution in [3.8, 4) is 28.5 Å². The van der Waals surface area contributed by atoms with E-state index in [9.17, 15) is 14.4 Å². The van der Waals surface area contributed by atoms with Gasteiger partial charge >= 0.3 is 0 Å². The summed E-state index contributed by atoms with van der Waals surface area (Å²) in [6, 6.07) is 28.8. The fraction of sp³-hybridized carbons (Fsp3) is 0.135. The Balaban J connectivity index is 1.31. The number of thioether (sulfide) groups is 1. The highest BCUT2D eigenvalue weighted by Gasteiger charge is 2.19. The van der Waals surface area contributed by atoms with Crippen LogP contribution in [0.15, 0.2) is 108 Å². The van der Waals surface area contributed by atoms with Gasteiger partial charge in [-0.05, 0) is 49.4 Å². The average molecular weight is 695 g/mol. The van der Waals surface area contributed by atoms with Crippen molar-refractivity contribution in [2.24, 2.45) is 0 Å². The molecular weight excluding hydrogens is 661 g/mol. The average Bonchev–Trinajstić information content (AvgIpc) is 3.50. The number of nitrogens with zero attached hydrogens (tertiary/aromatic N) is 1. The van der Waals surface area contributed by atoms with Gasteiger partial charge in [-0.1, -0.05) is 54.6 Å². The smallest absolute Gasteiger partial charge is 0.272 e. The molecular formula is C37H34N4O6S2. The van der Waals surface area contributed by atoms with Crippen molar-refractivity contribution < 1.29 is 28.6 Å². The number of amides is 3. The molecule has 0 aliphatic carbocycles. The number of benzene rings is 4. The van der Waals surface area contributed by atoms with Crippen LogP contribution in [-0.2, 0) is 9.59 Å². The maximum atomic E-state index is 13.7. The molecule has 10 nitrogen and oxygen atoms in total. The molecule has 0 aliphatic rings. The molecule has 0 aliphatic heterocycles. The highest BCUT2D eigenvalue weighted by molar-refractivity contribution is 8.00. The van der Waals surface area contributed by atoms with Crippen LogP contribution in [0.1, 0.15) is 20.8 Å². The zero-order chi connectivity index (χ0) is 34.8. The fourth-order valence-corrected chi connectivity index (χ4v) is 6.35. The predicted molar refractivity (Wildman–Crippen MR) is 195 cm³/mol. The Morgan fingerprint density at radius 3 is 2.16 bits per heavy atom. The SMILES string of the molecule is COc1cc(OC)c(OC)cc1/C=C(/NC(=O)c1ccccc1)C(=O)Nc1cccc(SCC(=O)Nc2nc(-c3ccccc3)c(C)s2)c1. The molecule has 0 atom stereocenters. The van der Waals surface area contributed by atoms with E-state index < -0.39 is 11.8 Å². The van der Waals surface area contributed by atoms with Crippen LogP contribution < -0.4 is 30.2 Å². The Kier molecular flexibility index (Phi) is 11.7. The van der Waals surface area contributed by atoms with Gasteiger partial charge in [0.15, 0.2) is 16.6 Å². The first-order chi connectivity index (χ1) is 23.8. The maximum Gasteiger partial charge on any atom is 0.272 e. The van der Waals surface area contributed by atoms with E-state index in [0.29, 0.717) is 39.2 Å². The van der Waals surface area contributed by atoms with Crippen molar-refractivity contribution in [1.82, 2.24) is 10.3 Å². The minimum absolute atomic E-state index is 0.0366. The van der Waals surface area contributed by atoms with E-state index in [1.54, 1.807) is 60.7 Å². The zero-order valence-electron chi connectivity index (χ0n) is 27.2. The lowest BCUT2D eigenvalue weighted by Gasteiger charge is -2.15. The van der Waals surface area contributed by atoms with Crippen molar-refractivity contribution in [2.45, 2.75) is 11.8 Å². The number of nitrogens with one attached hydrogen (secondary N) is 3. The lowest BCUT2D eigenvalue weighted by molar-refractivity contribution is -0.114. The third-order valence-corrected chi connectivity index (χ3v) is 9.00. The second kappa shape index (κ2) is 16.5. The summed E-state index contributed by atoms with van der Waals surface area (Å²) in [5.74, 6) is 0.144. The van der Waals surface area contributed by atoms with Gasteiger partial charge < -0.3 is 30.2 Å². The van der Waals surface area contributed by atoms with E-state index >= 15 is 0 Å². The van der Waals surface area contributed by atoms with Crippen molar-refractivity contribution in [3.63, 3.8) is 0 Å². The molecule has 0 saturated carbocycles. The van der Waals surface area contributed by atoms with E-state index in [1.807, 2.05) is 43.3 Å². The van der Waals surface area contributed by atoms with E-state index in [4.69, 9.17) is 14.2 Å². The van der Waals surface area contributed by atoms with Crippen LogP contribution in [0.5, 0.6) is 17.2 Å². The highest BCUT2D eigenvalue weighted by Crippen LogP contribution is 2.36. The van der Waals surface area contributed by atoms with Crippen LogP contribution in [0.3, 0.4) is 0 Å². The highest BCUT2D eigenvalue weighted by atomic mass is 32.2. The summed E-state index contributed by atoms with van der Waals surface area (Å²) in [5, 5.41) is 9.01. The summed E-state index contributed by atoms with van der Waals surface area (Å²) in [4.78, 5) is 46.1. The van der Waals surface area contributed by atoms with Gasteiger partial charge in [-0.25, -0.2) is 4.98 Å². The van der Waals surface area contributed by atoms with Crippen molar-refractivity contribution in [3.05, 3.63) is 119 Å². The van der Waals surface area contributed by atoms with Gasteiger partial charge in [-0.15, -0.1) is 23.1 Å². The molecule has 1 heterocycles. The summed E-state index contributed by atoms with van der Waals surface area (Å²) in [5.41, 5.74) is 3.12. The van der Waals surface area contributed by atoms with Crippen molar-refractivity contribution in [2.75, 3.05) is 37.7 Å². The standard InChI is InChI=1S/C37H34N4O6S2/c1-23-34(24-12-7-5-8-13-24)41-37(49-23)40-33(42)22-48-28-17-11-16-27(20-28)38-36(44)29(39-35(43)25-14-9-6-10-15-25)18-26-19-31(46-3)32(47-4)21-30(26)45-2/h5-21H,22H2,1-4H3,(H,38,44)(H,39,43)(H,40,41,42)/b29-18+. The number of thiazole rings is 1. The molecule has 5 rings (SSSR count). The van der Waals surface area contributed by atoms with Crippen LogP contribution in [0, 0.1) is 6.92 Å². The number of methoxy groups -OCH3 is 3. The van der Waals surface area contributed by atoms with Crippen LogP contribution in [0.2, 0.25) is 0 Å². The molecule has 0 spiro atoms. The van der Waals surface area contributed by atoms with Crippen LogP contribution in [0.4, 0.5) is 10.8 Å². The lowest BCUT2D eigenvalue weighted by Crippen LogP contribution is -2.30. The summed E-state index contributed by atoms with van der Waals surface area (Å²) in [6.07, 6.45) is 1.50. The van der Waals surface area contributed by atoms with Crippen molar-refractivity contribution in [1.29, 1.82) is 0 Å². The first-order valence-electron chi connectivity index (χ1n) is 15.0. The van der Waals surface area contributed by atoms with Crippen LogP contribution in [-0.4, -0.2) is 49.8 Å². The lowest BCUT2D eigenvalue weighted by atomic mass is 10.1. The number of aromatic nitrogens is 1. The molecule has 0 radical (unpaired) electrons. The van der Waals surface area contributed by atoms with Gasteiger partial charge in [-0.2, -0.15) is 0 Å². The zero-order valence-corrected chi connectivity index (χ0v) is 28.9. The van der Waals surface area contributed by atoms with E-state index in [-0.39, 0.29) is 17.4 Å². The van der Waals surface area contributed by atoms with Gasteiger partial charge in [0, 0.05) is 38.2 Å². The minimum Gasteiger partial charge on any atom is -0.496 e. The third-order valence-electron chi connectivity index (χ3n) is 7.12. The Morgan fingerprint density at radius 1 is 0.796 bits per heavy atom. The Morgan fingerprint density at radius 2 is 1.47 bits per heavy atom. The monoisotopic (exact) mass is 694 g/mol. The van der Waals surface area contributed by atoms with Gasteiger partial charge in [0.25, 0.3) is 11.8 Å². The Hall–Kier alpha value is -5.59. The molecule has 49 heavy (non-hydrogen) atoms. The number of aryl methyl sites for hydroxylation is 1. The fourth-order valence-electron chi connectivity index (χ4n) is 4.74. The number of rotatable bonds is 13. The number of carbonyl (C=O) groups excluding carboxylic acids is 3. The topological polar surface area (TPSA) is 128 Å². The quantitative estimate of drug-likeness (QED) is 0.0867. The Labute approximate surface area is 292 Å². The van der Waals surface area contributed by atoms with E-state index in [0.717, 1.165) is 21.0 Å². The molecule has 5 aromatic rings. The van der Waals surface area contributed by atoms with Crippen molar-refractivity contribution >= 4 is 57.7 Å². The number of anilines is 2. The number of hydrogen-bond acceptors (Lipinski definition) is 9. The molecule has 250 valence electrons.